The third kappa shape index (κ3) is 3.56. The Morgan fingerprint density at radius 2 is 2.06 bits per heavy atom. The third-order valence-electron chi connectivity index (χ3n) is 9.78. The fourth-order valence-corrected chi connectivity index (χ4v) is 8.04. The second-order valence-corrected chi connectivity index (χ2v) is 11.6. The Bertz CT molecular complexity index is 802. The van der Waals surface area contributed by atoms with Crippen LogP contribution < -0.4 is 5.32 Å². The molecular formula is C26H38NO4+. The lowest BCUT2D eigenvalue weighted by Gasteiger charge is -2.51. The van der Waals surface area contributed by atoms with Crippen LogP contribution in [-0.4, -0.2) is 36.9 Å². The molecule has 3 aliphatic carbocycles. The summed E-state index contributed by atoms with van der Waals surface area (Å²) in [5.74, 6) is 2.85. The van der Waals surface area contributed by atoms with Crippen molar-refractivity contribution in [3.63, 3.8) is 0 Å². The van der Waals surface area contributed by atoms with Crippen LogP contribution in [0.15, 0.2) is 22.8 Å². The third-order valence-corrected chi connectivity index (χ3v) is 9.78. The van der Waals surface area contributed by atoms with E-state index in [2.05, 4.69) is 18.3 Å². The van der Waals surface area contributed by atoms with Crippen molar-refractivity contribution in [3.8, 4) is 0 Å². The van der Waals surface area contributed by atoms with Gasteiger partial charge in [-0.1, -0.05) is 13.3 Å². The zero-order valence-corrected chi connectivity index (χ0v) is 18.9. The minimum absolute atomic E-state index is 0.0541. The molecule has 1 spiro atoms. The standard InChI is InChI=1S/C26H37NO4/c1-25-9-5-10-26(16-30-26)23(25)13-19-20(24(28)31-22(19)14-25)15-27-21-8-3-2-6-17(21)12-18-7-4-11-29-18/h4,7,11,17,19-23,27H,2-3,5-6,8-10,12-16H2,1H3/p+1/t17-,19-,20-,21-,22-,23+,25-,26+/m1/s1. The summed E-state index contributed by atoms with van der Waals surface area (Å²) in [6.45, 7) is 4.26. The first-order valence-corrected chi connectivity index (χ1v) is 12.8. The molecule has 5 nitrogen and oxygen atoms in total. The summed E-state index contributed by atoms with van der Waals surface area (Å²) < 4.78 is 17.7. The summed E-state index contributed by atoms with van der Waals surface area (Å²) in [6.07, 6.45) is 14.0. The van der Waals surface area contributed by atoms with Crippen molar-refractivity contribution >= 4 is 5.97 Å². The number of ether oxygens (including phenoxy) is 2. The number of carbonyl (C=O) groups excluding carboxylic acids is 1. The Balaban J connectivity index is 1.13. The predicted octanol–water partition coefficient (Wildman–Crippen LogP) is 3.47. The van der Waals surface area contributed by atoms with Gasteiger partial charge in [-0.15, -0.1) is 0 Å². The highest BCUT2D eigenvalue weighted by Crippen LogP contribution is 2.62. The molecule has 2 N–H and O–H groups in total. The van der Waals surface area contributed by atoms with Gasteiger partial charge >= 0.3 is 5.97 Å². The normalized spacial score (nSPS) is 46.4. The van der Waals surface area contributed by atoms with Crippen LogP contribution in [0.1, 0.15) is 70.5 Å². The molecule has 170 valence electrons. The molecule has 2 aliphatic heterocycles. The molecule has 1 aromatic heterocycles. The fourth-order valence-electron chi connectivity index (χ4n) is 8.04. The Kier molecular flexibility index (Phi) is 4.99. The first-order valence-electron chi connectivity index (χ1n) is 12.8. The second kappa shape index (κ2) is 7.62. The average Bonchev–Trinajstić information content (AvgIpc) is 3.19. The SMILES string of the molecule is C[C@]12CCC[C@]3(CO3)[C@H]1C[C@H]1[C@@H](C2)OC(=O)[C@@H]1C[NH2+][C@@H]1CCCC[C@@H]1Cc1ccco1. The zero-order chi connectivity index (χ0) is 21.1. The van der Waals surface area contributed by atoms with Gasteiger partial charge in [0.25, 0.3) is 0 Å². The van der Waals surface area contributed by atoms with Crippen molar-refractivity contribution in [3.05, 3.63) is 24.2 Å². The predicted molar refractivity (Wildman–Crippen MR) is 115 cm³/mol. The second-order valence-electron chi connectivity index (χ2n) is 11.6. The number of hydrogen-bond donors (Lipinski definition) is 1. The zero-order valence-electron chi connectivity index (χ0n) is 18.9. The molecule has 5 aliphatic rings. The summed E-state index contributed by atoms with van der Waals surface area (Å²) in [5.41, 5.74) is 0.418. The number of furan rings is 1. The van der Waals surface area contributed by atoms with Gasteiger partial charge in [-0.3, -0.25) is 4.79 Å². The fraction of sp³-hybridized carbons (Fsp3) is 0.808. The van der Waals surface area contributed by atoms with Crippen LogP contribution in [0.5, 0.6) is 0 Å². The van der Waals surface area contributed by atoms with Gasteiger partial charge in [-0.05, 0) is 74.8 Å². The van der Waals surface area contributed by atoms with Crippen molar-refractivity contribution in [1.29, 1.82) is 0 Å². The summed E-state index contributed by atoms with van der Waals surface area (Å²) in [6, 6.07) is 4.68. The van der Waals surface area contributed by atoms with Crippen LogP contribution in [-0.2, 0) is 20.7 Å². The molecular weight excluding hydrogens is 390 g/mol. The lowest BCUT2D eigenvalue weighted by molar-refractivity contribution is -0.702. The molecule has 2 saturated heterocycles. The molecule has 3 saturated carbocycles. The number of fused-ring (bicyclic) bond motifs is 3. The van der Waals surface area contributed by atoms with Crippen LogP contribution in [0, 0.1) is 29.1 Å². The molecule has 6 rings (SSSR count). The molecule has 0 unspecified atom stereocenters. The smallest absolute Gasteiger partial charge is 0.315 e. The molecule has 0 amide bonds. The number of rotatable bonds is 5. The number of nitrogens with two attached hydrogens (primary N) is 1. The molecule has 31 heavy (non-hydrogen) atoms. The number of epoxide rings is 1. The molecule has 0 radical (unpaired) electrons. The topological polar surface area (TPSA) is 68.6 Å². The van der Waals surface area contributed by atoms with E-state index in [4.69, 9.17) is 13.9 Å². The maximum atomic E-state index is 12.9. The molecule has 8 atom stereocenters. The van der Waals surface area contributed by atoms with E-state index in [-0.39, 0.29) is 29.0 Å². The van der Waals surface area contributed by atoms with Gasteiger partial charge in [0, 0.05) is 18.3 Å². The van der Waals surface area contributed by atoms with Crippen LogP contribution in [0.25, 0.3) is 0 Å². The minimum atomic E-state index is 0.0541. The maximum absolute atomic E-state index is 12.9. The first kappa shape index (κ1) is 20.3. The van der Waals surface area contributed by atoms with E-state index in [1.807, 2.05) is 6.07 Å². The van der Waals surface area contributed by atoms with Gasteiger partial charge in [-0.25, -0.2) is 0 Å². The van der Waals surface area contributed by atoms with E-state index in [0.717, 1.165) is 38.2 Å². The van der Waals surface area contributed by atoms with Crippen LogP contribution >= 0.6 is 0 Å². The number of carbonyl (C=O) groups is 1. The van der Waals surface area contributed by atoms with E-state index in [1.165, 1.54) is 44.9 Å². The quantitative estimate of drug-likeness (QED) is 0.576. The van der Waals surface area contributed by atoms with Crippen molar-refractivity contribution in [2.45, 2.75) is 88.9 Å². The van der Waals surface area contributed by atoms with Crippen molar-refractivity contribution in [2.24, 2.45) is 29.1 Å². The summed E-state index contributed by atoms with van der Waals surface area (Å²) in [4.78, 5) is 12.9. The van der Waals surface area contributed by atoms with E-state index in [0.29, 0.717) is 23.8 Å². The highest BCUT2D eigenvalue weighted by atomic mass is 16.6. The van der Waals surface area contributed by atoms with Crippen molar-refractivity contribution < 1.29 is 24.0 Å². The van der Waals surface area contributed by atoms with E-state index < -0.39 is 0 Å². The van der Waals surface area contributed by atoms with E-state index in [9.17, 15) is 4.79 Å². The van der Waals surface area contributed by atoms with Crippen LogP contribution in [0.3, 0.4) is 0 Å². The Morgan fingerprint density at radius 1 is 1.19 bits per heavy atom. The van der Waals surface area contributed by atoms with Gasteiger partial charge in [0.2, 0.25) is 0 Å². The van der Waals surface area contributed by atoms with Gasteiger partial charge in [-0.2, -0.15) is 0 Å². The van der Waals surface area contributed by atoms with Gasteiger partial charge in [0.15, 0.2) is 0 Å². The van der Waals surface area contributed by atoms with Gasteiger partial charge in [0.05, 0.1) is 31.1 Å². The average molecular weight is 429 g/mol. The minimum Gasteiger partial charge on any atom is -0.469 e. The summed E-state index contributed by atoms with van der Waals surface area (Å²) in [7, 11) is 0. The van der Waals surface area contributed by atoms with Gasteiger partial charge in [0.1, 0.15) is 17.8 Å². The van der Waals surface area contributed by atoms with Crippen molar-refractivity contribution in [1.82, 2.24) is 0 Å². The first-order chi connectivity index (χ1) is 15.1. The molecule has 5 heteroatoms. The highest BCUT2D eigenvalue weighted by Gasteiger charge is 2.65. The summed E-state index contributed by atoms with van der Waals surface area (Å²) in [5, 5.41) is 2.50. The Hall–Kier alpha value is -1.33. The van der Waals surface area contributed by atoms with Gasteiger partial charge < -0.3 is 19.2 Å². The lowest BCUT2D eigenvalue weighted by Crippen LogP contribution is -2.93. The lowest BCUT2D eigenvalue weighted by atomic mass is 9.53. The number of quaternary nitrogens is 1. The summed E-state index contributed by atoms with van der Waals surface area (Å²) >= 11 is 0. The molecule has 0 bridgehead atoms. The molecule has 0 aromatic carbocycles. The molecule has 5 fully saturated rings. The highest BCUT2D eigenvalue weighted by molar-refractivity contribution is 5.75. The number of esters is 1. The maximum Gasteiger partial charge on any atom is 0.315 e. The molecule has 3 heterocycles. The van der Waals surface area contributed by atoms with Crippen molar-refractivity contribution in [2.75, 3.05) is 13.2 Å². The largest absolute Gasteiger partial charge is 0.469 e. The van der Waals surface area contributed by atoms with Crippen LogP contribution in [0.2, 0.25) is 0 Å². The van der Waals surface area contributed by atoms with Crippen LogP contribution in [0.4, 0.5) is 0 Å². The van der Waals surface area contributed by atoms with E-state index >= 15 is 0 Å². The van der Waals surface area contributed by atoms with E-state index in [1.54, 1.807) is 6.26 Å². The number of hydrogen-bond acceptors (Lipinski definition) is 4. The molecule has 1 aromatic rings. The Labute approximate surface area is 185 Å². The monoisotopic (exact) mass is 428 g/mol. The Morgan fingerprint density at radius 3 is 2.87 bits per heavy atom.